The van der Waals surface area contributed by atoms with Crippen LogP contribution in [0.2, 0.25) is 0 Å². The Morgan fingerprint density at radius 1 is 1.38 bits per heavy atom. The van der Waals surface area contributed by atoms with Crippen molar-refractivity contribution < 1.29 is 9.72 Å². The van der Waals surface area contributed by atoms with Gasteiger partial charge in [-0.05, 0) is 24.6 Å². The molecule has 0 saturated heterocycles. The fourth-order valence-corrected chi connectivity index (χ4v) is 1.94. The maximum Gasteiger partial charge on any atom is 0.272 e. The van der Waals surface area contributed by atoms with E-state index >= 15 is 0 Å². The van der Waals surface area contributed by atoms with E-state index in [2.05, 4.69) is 10.3 Å². The predicted molar refractivity (Wildman–Crippen MR) is 77.7 cm³/mol. The van der Waals surface area contributed by atoms with Gasteiger partial charge in [0.25, 0.3) is 11.6 Å². The van der Waals surface area contributed by atoms with Gasteiger partial charge in [0.1, 0.15) is 5.82 Å². The SMILES string of the molecule is Cc1c(CNC(=O)c2cccnc2N)cccc1[N+](=O)[O-]. The third-order valence-corrected chi connectivity index (χ3v) is 3.14. The number of carbonyl (C=O) groups excluding carboxylic acids is 1. The first kappa shape index (κ1) is 14.4. The van der Waals surface area contributed by atoms with Gasteiger partial charge in [-0.1, -0.05) is 12.1 Å². The molecule has 0 bridgehead atoms. The second-order valence-electron chi connectivity index (χ2n) is 4.44. The molecule has 0 aliphatic heterocycles. The Hall–Kier alpha value is -2.96. The quantitative estimate of drug-likeness (QED) is 0.657. The van der Waals surface area contributed by atoms with Gasteiger partial charge >= 0.3 is 0 Å². The summed E-state index contributed by atoms with van der Waals surface area (Å²) in [5.41, 5.74) is 7.14. The van der Waals surface area contributed by atoms with Crippen molar-refractivity contribution in [2.45, 2.75) is 13.5 Å². The van der Waals surface area contributed by atoms with Gasteiger partial charge in [-0.25, -0.2) is 4.98 Å². The number of pyridine rings is 1. The van der Waals surface area contributed by atoms with E-state index in [9.17, 15) is 14.9 Å². The summed E-state index contributed by atoms with van der Waals surface area (Å²) in [5, 5.41) is 13.6. The van der Waals surface area contributed by atoms with Crippen LogP contribution in [0.5, 0.6) is 0 Å². The third-order valence-electron chi connectivity index (χ3n) is 3.14. The summed E-state index contributed by atoms with van der Waals surface area (Å²) in [4.78, 5) is 26.3. The molecule has 0 unspecified atom stereocenters. The van der Waals surface area contributed by atoms with E-state index in [1.807, 2.05) is 0 Å². The molecule has 1 aromatic heterocycles. The van der Waals surface area contributed by atoms with Crippen LogP contribution in [0.25, 0.3) is 0 Å². The summed E-state index contributed by atoms with van der Waals surface area (Å²) in [5.74, 6) is -0.225. The lowest BCUT2D eigenvalue weighted by atomic mass is 10.1. The molecule has 1 aromatic carbocycles. The second-order valence-corrected chi connectivity index (χ2v) is 4.44. The summed E-state index contributed by atoms with van der Waals surface area (Å²) < 4.78 is 0. The van der Waals surface area contributed by atoms with E-state index in [4.69, 9.17) is 5.73 Å². The number of nitro groups is 1. The second kappa shape index (κ2) is 6.00. The minimum Gasteiger partial charge on any atom is -0.383 e. The van der Waals surface area contributed by atoms with Crippen molar-refractivity contribution in [1.82, 2.24) is 10.3 Å². The number of carbonyl (C=O) groups is 1. The lowest BCUT2D eigenvalue weighted by Gasteiger charge is -2.09. The molecule has 0 aliphatic carbocycles. The Bertz CT molecular complexity index is 700. The highest BCUT2D eigenvalue weighted by atomic mass is 16.6. The molecule has 0 spiro atoms. The van der Waals surface area contributed by atoms with Crippen molar-refractivity contribution in [2.24, 2.45) is 0 Å². The van der Waals surface area contributed by atoms with Gasteiger partial charge in [0.2, 0.25) is 0 Å². The van der Waals surface area contributed by atoms with E-state index in [0.29, 0.717) is 11.1 Å². The van der Waals surface area contributed by atoms with E-state index in [1.54, 1.807) is 31.2 Å². The van der Waals surface area contributed by atoms with Crippen LogP contribution in [0.3, 0.4) is 0 Å². The molecule has 0 radical (unpaired) electrons. The number of anilines is 1. The van der Waals surface area contributed by atoms with E-state index in [-0.39, 0.29) is 29.5 Å². The number of nitrogens with zero attached hydrogens (tertiary/aromatic N) is 2. The molecule has 1 heterocycles. The number of nitrogen functional groups attached to an aromatic ring is 1. The summed E-state index contributed by atoms with van der Waals surface area (Å²) in [6.45, 7) is 1.83. The Labute approximate surface area is 121 Å². The average molecular weight is 286 g/mol. The fourth-order valence-electron chi connectivity index (χ4n) is 1.94. The maximum atomic E-state index is 12.0. The number of rotatable bonds is 4. The summed E-state index contributed by atoms with van der Waals surface area (Å²) in [6.07, 6.45) is 1.50. The molecule has 0 atom stereocenters. The smallest absolute Gasteiger partial charge is 0.272 e. The van der Waals surface area contributed by atoms with Crippen LogP contribution in [0.4, 0.5) is 11.5 Å². The largest absolute Gasteiger partial charge is 0.383 e. The van der Waals surface area contributed by atoms with Crippen LogP contribution >= 0.6 is 0 Å². The molecule has 0 saturated carbocycles. The highest BCUT2D eigenvalue weighted by molar-refractivity contribution is 5.98. The van der Waals surface area contributed by atoms with Crippen molar-refractivity contribution in [3.63, 3.8) is 0 Å². The van der Waals surface area contributed by atoms with Crippen molar-refractivity contribution in [3.8, 4) is 0 Å². The van der Waals surface area contributed by atoms with E-state index in [1.165, 1.54) is 12.3 Å². The predicted octanol–water partition coefficient (Wildman–Crippen LogP) is 1.81. The number of nitro benzene ring substituents is 1. The van der Waals surface area contributed by atoms with Crippen LogP contribution in [-0.2, 0) is 6.54 Å². The highest BCUT2D eigenvalue weighted by Crippen LogP contribution is 2.21. The van der Waals surface area contributed by atoms with Gasteiger partial charge in [0.15, 0.2) is 0 Å². The summed E-state index contributed by atoms with van der Waals surface area (Å²) in [6, 6.07) is 7.93. The number of amides is 1. The maximum absolute atomic E-state index is 12.0. The fraction of sp³-hybridized carbons (Fsp3) is 0.143. The van der Waals surface area contributed by atoms with Crippen LogP contribution in [0.15, 0.2) is 36.5 Å². The van der Waals surface area contributed by atoms with Crippen LogP contribution in [0.1, 0.15) is 21.5 Å². The Morgan fingerprint density at radius 2 is 2.14 bits per heavy atom. The Kier molecular flexibility index (Phi) is 4.13. The minimum atomic E-state index is -0.445. The average Bonchev–Trinajstić information content (AvgIpc) is 2.46. The van der Waals surface area contributed by atoms with Crippen LogP contribution < -0.4 is 11.1 Å². The lowest BCUT2D eigenvalue weighted by molar-refractivity contribution is -0.385. The third kappa shape index (κ3) is 3.14. The van der Waals surface area contributed by atoms with E-state index < -0.39 is 4.92 Å². The molecule has 108 valence electrons. The van der Waals surface area contributed by atoms with Gasteiger partial charge in [-0.2, -0.15) is 0 Å². The normalized spacial score (nSPS) is 10.1. The highest BCUT2D eigenvalue weighted by Gasteiger charge is 2.14. The molecule has 7 nitrogen and oxygen atoms in total. The van der Waals surface area contributed by atoms with Crippen molar-refractivity contribution in [3.05, 3.63) is 63.3 Å². The summed E-state index contributed by atoms with van der Waals surface area (Å²) in [7, 11) is 0. The zero-order valence-corrected chi connectivity index (χ0v) is 11.4. The number of benzene rings is 1. The minimum absolute atomic E-state index is 0.0302. The number of hydrogen-bond donors (Lipinski definition) is 2. The number of nitrogens with one attached hydrogen (secondary N) is 1. The first-order chi connectivity index (χ1) is 10.0. The van der Waals surface area contributed by atoms with Gasteiger partial charge in [0, 0.05) is 24.4 Å². The van der Waals surface area contributed by atoms with Gasteiger partial charge in [-0.15, -0.1) is 0 Å². The standard InChI is InChI=1S/C14H14N4O3/c1-9-10(4-2-6-12(9)18(20)21)8-17-14(19)11-5-3-7-16-13(11)15/h2-7H,8H2,1H3,(H2,15,16)(H,17,19). The molecule has 21 heavy (non-hydrogen) atoms. The Morgan fingerprint density at radius 3 is 2.81 bits per heavy atom. The summed E-state index contributed by atoms with van der Waals surface area (Å²) >= 11 is 0. The molecular formula is C14H14N4O3. The molecule has 0 fully saturated rings. The van der Waals surface area contributed by atoms with E-state index in [0.717, 1.165) is 0 Å². The molecule has 2 rings (SSSR count). The first-order valence-corrected chi connectivity index (χ1v) is 6.22. The molecule has 7 heteroatoms. The topological polar surface area (TPSA) is 111 Å². The zero-order valence-electron chi connectivity index (χ0n) is 11.4. The van der Waals surface area contributed by atoms with Crippen LogP contribution in [-0.4, -0.2) is 15.8 Å². The number of aromatic nitrogens is 1. The molecule has 0 aliphatic rings. The van der Waals surface area contributed by atoms with Crippen molar-refractivity contribution in [1.29, 1.82) is 0 Å². The van der Waals surface area contributed by atoms with Crippen LogP contribution in [0, 0.1) is 17.0 Å². The number of nitrogens with two attached hydrogens (primary N) is 1. The van der Waals surface area contributed by atoms with Gasteiger partial charge in [0.05, 0.1) is 10.5 Å². The zero-order chi connectivity index (χ0) is 15.4. The van der Waals surface area contributed by atoms with Gasteiger partial charge in [-0.3, -0.25) is 14.9 Å². The lowest BCUT2D eigenvalue weighted by Crippen LogP contribution is -2.24. The van der Waals surface area contributed by atoms with Crippen molar-refractivity contribution >= 4 is 17.4 Å². The molecule has 2 aromatic rings. The molecule has 3 N–H and O–H groups in total. The van der Waals surface area contributed by atoms with Crippen molar-refractivity contribution in [2.75, 3.05) is 5.73 Å². The molecule has 1 amide bonds. The monoisotopic (exact) mass is 286 g/mol. The first-order valence-electron chi connectivity index (χ1n) is 6.22. The van der Waals surface area contributed by atoms with Gasteiger partial charge < -0.3 is 11.1 Å². The Balaban J connectivity index is 2.14. The molecular weight excluding hydrogens is 272 g/mol. The number of hydrogen-bond acceptors (Lipinski definition) is 5.